The maximum Gasteiger partial charge on any atom is 0.491 e. The number of carbonyl (C=O) groups is 1. The van der Waals surface area contributed by atoms with Crippen LogP contribution in [0.1, 0.15) is 5.56 Å². The SMILES string of the molecule is NC(Cc1ccc(F)c(OCB(O)O)c1)C(=O)O. The van der Waals surface area contributed by atoms with Crippen LogP contribution in [0, 0.1) is 5.82 Å². The molecule has 0 saturated carbocycles. The van der Waals surface area contributed by atoms with Crippen LogP contribution in [0.5, 0.6) is 5.75 Å². The van der Waals surface area contributed by atoms with E-state index in [2.05, 4.69) is 0 Å². The molecule has 1 aromatic carbocycles. The zero-order valence-electron chi connectivity index (χ0n) is 9.41. The number of benzene rings is 1. The van der Waals surface area contributed by atoms with Crippen LogP contribution in [0.25, 0.3) is 0 Å². The predicted octanol–water partition coefficient (Wildman–Crippen LogP) is -0.829. The lowest BCUT2D eigenvalue weighted by molar-refractivity contribution is -0.138. The van der Waals surface area contributed by atoms with Gasteiger partial charge in [-0.05, 0) is 24.1 Å². The van der Waals surface area contributed by atoms with Gasteiger partial charge in [-0.2, -0.15) is 0 Å². The summed E-state index contributed by atoms with van der Waals surface area (Å²) >= 11 is 0. The van der Waals surface area contributed by atoms with Gasteiger partial charge in [0.2, 0.25) is 0 Å². The second-order valence-electron chi connectivity index (χ2n) is 3.71. The van der Waals surface area contributed by atoms with E-state index in [1.165, 1.54) is 12.1 Å². The third kappa shape index (κ3) is 4.32. The number of aliphatic carboxylic acids is 1. The van der Waals surface area contributed by atoms with E-state index in [0.29, 0.717) is 5.56 Å². The smallest absolute Gasteiger partial charge is 0.491 e. The zero-order valence-corrected chi connectivity index (χ0v) is 9.41. The van der Waals surface area contributed by atoms with Gasteiger partial charge in [0.25, 0.3) is 0 Å². The van der Waals surface area contributed by atoms with Gasteiger partial charge in [0, 0.05) is 0 Å². The quantitative estimate of drug-likeness (QED) is 0.495. The summed E-state index contributed by atoms with van der Waals surface area (Å²) in [4.78, 5) is 10.6. The third-order valence-corrected chi connectivity index (χ3v) is 2.16. The number of ether oxygens (including phenoxy) is 1. The summed E-state index contributed by atoms with van der Waals surface area (Å²) < 4.78 is 18.1. The minimum Gasteiger partial charge on any atom is -0.493 e. The molecule has 0 radical (unpaired) electrons. The summed E-state index contributed by atoms with van der Waals surface area (Å²) in [5, 5.41) is 25.9. The van der Waals surface area contributed by atoms with Crippen LogP contribution in [0.2, 0.25) is 0 Å². The van der Waals surface area contributed by atoms with Gasteiger partial charge >= 0.3 is 13.1 Å². The summed E-state index contributed by atoms with van der Waals surface area (Å²) in [6.45, 7) is -0.481. The summed E-state index contributed by atoms with van der Waals surface area (Å²) in [6, 6.07) is 2.68. The Hall–Kier alpha value is -1.64. The largest absolute Gasteiger partial charge is 0.493 e. The number of nitrogens with two attached hydrogens (primary N) is 1. The van der Waals surface area contributed by atoms with E-state index in [4.69, 9.17) is 25.6 Å². The Kier molecular flexibility index (Phi) is 5.08. The molecular weight excluding hydrogens is 244 g/mol. The first-order valence-electron chi connectivity index (χ1n) is 5.16. The molecule has 0 aliphatic carbocycles. The van der Waals surface area contributed by atoms with Crippen LogP contribution < -0.4 is 10.5 Å². The second-order valence-corrected chi connectivity index (χ2v) is 3.71. The first-order valence-corrected chi connectivity index (χ1v) is 5.16. The zero-order chi connectivity index (χ0) is 13.7. The fourth-order valence-corrected chi connectivity index (χ4v) is 1.29. The Balaban J connectivity index is 2.77. The number of hydrogen-bond acceptors (Lipinski definition) is 5. The van der Waals surface area contributed by atoms with Crippen molar-refractivity contribution in [3.63, 3.8) is 0 Å². The Morgan fingerprint density at radius 1 is 1.50 bits per heavy atom. The fourth-order valence-electron chi connectivity index (χ4n) is 1.29. The highest BCUT2D eigenvalue weighted by Crippen LogP contribution is 2.19. The molecule has 0 heterocycles. The summed E-state index contributed by atoms with van der Waals surface area (Å²) in [5.41, 5.74) is 5.83. The van der Waals surface area contributed by atoms with Crippen molar-refractivity contribution in [3.8, 4) is 5.75 Å². The van der Waals surface area contributed by atoms with Crippen LogP contribution >= 0.6 is 0 Å². The molecular formula is C10H13BFNO5. The van der Waals surface area contributed by atoms with Crippen molar-refractivity contribution < 1.29 is 29.1 Å². The summed E-state index contributed by atoms with van der Waals surface area (Å²) in [7, 11) is -1.71. The summed E-state index contributed by atoms with van der Waals surface area (Å²) in [6.07, 6.45) is 0.0215. The van der Waals surface area contributed by atoms with E-state index in [1.54, 1.807) is 0 Å². The van der Waals surface area contributed by atoms with Gasteiger partial charge in [0.15, 0.2) is 11.6 Å². The van der Waals surface area contributed by atoms with E-state index in [-0.39, 0.29) is 12.2 Å². The monoisotopic (exact) mass is 257 g/mol. The third-order valence-electron chi connectivity index (χ3n) is 2.16. The Labute approximate surface area is 103 Å². The van der Waals surface area contributed by atoms with Gasteiger partial charge in [-0.15, -0.1) is 0 Å². The molecule has 0 aliphatic rings. The predicted molar refractivity (Wildman–Crippen MR) is 61.4 cm³/mol. The summed E-state index contributed by atoms with van der Waals surface area (Å²) in [5.74, 6) is -2.02. The number of halogens is 1. The fraction of sp³-hybridized carbons (Fsp3) is 0.300. The molecule has 0 aliphatic heterocycles. The van der Waals surface area contributed by atoms with Gasteiger partial charge in [-0.1, -0.05) is 6.07 Å². The van der Waals surface area contributed by atoms with Gasteiger partial charge in [-0.3, -0.25) is 4.79 Å². The van der Waals surface area contributed by atoms with Gasteiger partial charge < -0.3 is 25.6 Å². The van der Waals surface area contributed by atoms with Crippen LogP contribution in [0.15, 0.2) is 18.2 Å². The topological polar surface area (TPSA) is 113 Å². The standard InChI is InChI=1S/C10H13BFNO5/c12-7-2-1-6(3-8(13)10(14)15)4-9(7)18-5-11(16)17/h1-2,4,8,16-17H,3,5,13H2,(H,14,15). The molecule has 5 N–H and O–H groups in total. The molecule has 0 amide bonds. The van der Waals surface area contributed by atoms with Gasteiger partial charge in [0.1, 0.15) is 12.5 Å². The normalized spacial score (nSPS) is 12.0. The lowest BCUT2D eigenvalue weighted by atomic mass is 9.95. The molecule has 0 aromatic heterocycles. The van der Waals surface area contributed by atoms with Crippen LogP contribution in [-0.4, -0.2) is 40.8 Å². The Morgan fingerprint density at radius 2 is 2.17 bits per heavy atom. The van der Waals surface area contributed by atoms with Gasteiger partial charge in [-0.25, -0.2) is 4.39 Å². The van der Waals surface area contributed by atoms with Gasteiger partial charge in [0.05, 0.1) is 0 Å². The molecule has 6 nitrogen and oxygen atoms in total. The molecule has 1 rings (SSSR count). The van der Waals surface area contributed by atoms with E-state index in [9.17, 15) is 9.18 Å². The van der Waals surface area contributed by atoms with Crippen LogP contribution in [-0.2, 0) is 11.2 Å². The lowest BCUT2D eigenvalue weighted by Gasteiger charge is -2.10. The Bertz CT molecular complexity index is 429. The molecule has 1 unspecified atom stereocenters. The molecule has 1 aromatic rings. The van der Waals surface area contributed by atoms with Crippen LogP contribution in [0.4, 0.5) is 4.39 Å². The molecule has 1 atom stereocenters. The minimum absolute atomic E-state index is 0.0215. The highest BCUT2D eigenvalue weighted by molar-refractivity contribution is 6.40. The average molecular weight is 257 g/mol. The van der Waals surface area contributed by atoms with E-state index in [0.717, 1.165) is 6.07 Å². The van der Waals surface area contributed by atoms with Crippen molar-refractivity contribution in [2.24, 2.45) is 5.73 Å². The maximum atomic E-state index is 13.3. The van der Waals surface area contributed by atoms with E-state index < -0.39 is 31.5 Å². The molecule has 98 valence electrons. The molecule has 18 heavy (non-hydrogen) atoms. The average Bonchev–Trinajstić information content (AvgIpc) is 2.29. The van der Waals surface area contributed by atoms with Crippen molar-refractivity contribution in [1.29, 1.82) is 0 Å². The molecule has 0 bridgehead atoms. The highest BCUT2D eigenvalue weighted by atomic mass is 19.1. The van der Waals surface area contributed by atoms with Crippen molar-refractivity contribution in [2.45, 2.75) is 12.5 Å². The number of carboxylic acid groups (broad SMARTS) is 1. The molecule has 0 spiro atoms. The minimum atomic E-state index is -1.71. The highest BCUT2D eigenvalue weighted by Gasteiger charge is 2.15. The number of carboxylic acids is 1. The number of hydrogen-bond donors (Lipinski definition) is 4. The van der Waals surface area contributed by atoms with Crippen molar-refractivity contribution in [2.75, 3.05) is 6.51 Å². The van der Waals surface area contributed by atoms with Crippen molar-refractivity contribution in [3.05, 3.63) is 29.6 Å². The van der Waals surface area contributed by atoms with E-state index >= 15 is 0 Å². The molecule has 0 saturated heterocycles. The first kappa shape index (κ1) is 14.4. The second kappa shape index (κ2) is 6.34. The maximum absolute atomic E-state index is 13.3. The molecule has 8 heteroatoms. The van der Waals surface area contributed by atoms with Crippen molar-refractivity contribution >= 4 is 13.1 Å². The van der Waals surface area contributed by atoms with Crippen LogP contribution in [0.3, 0.4) is 0 Å². The lowest BCUT2D eigenvalue weighted by Crippen LogP contribution is -2.32. The number of rotatable bonds is 6. The molecule has 0 fully saturated rings. The first-order chi connectivity index (χ1) is 8.40. The van der Waals surface area contributed by atoms with Crippen molar-refractivity contribution in [1.82, 2.24) is 0 Å². The Morgan fingerprint density at radius 3 is 2.72 bits per heavy atom. The van der Waals surface area contributed by atoms with E-state index in [1.807, 2.05) is 0 Å².